The molecule has 0 aromatic heterocycles. The number of hydrogen-bond donors (Lipinski definition) is 1. The van der Waals surface area contributed by atoms with Gasteiger partial charge in [-0.15, -0.1) is 0 Å². The molecular weight excluding hydrogens is 306 g/mol. The zero-order valence-electron chi connectivity index (χ0n) is 13.7. The van der Waals surface area contributed by atoms with Gasteiger partial charge >= 0.3 is 5.97 Å². The van der Waals surface area contributed by atoms with Crippen molar-refractivity contribution in [1.82, 2.24) is 4.90 Å². The highest BCUT2D eigenvalue weighted by molar-refractivity contribution is 5.88. The Labute approximate surface area is 141 Å². The monoisotopic (exact) mass is 329 g/mol. The second-order valence-corrected chi connectivity index (χ2v) is 7.33. The van der Waals surface area contributed by atoms with E-state index in [1.54, 1.807) is 6.07 Å². The standard InChI is InChI=1S/C19H23NO4/c21-18(17-10-24-11-17)20-5-1-2-13(9-20)15-6-14(12-3-4-12)7-16(8-15)19(22)23/h6-8,12-13,17H,1-5,9-11H2,(H,22,23). The first-order valence-electron chi connectivity index (χ1n) is 8.86. The van der Waals surface area contributed by atoms with Gasteiger partial charge in [-0.2, -0.15) is 0 Å². The van der Waals surface area contributed by atoms with Crippen LogP contribution in [0.5, 0.6) is 0 Å². The molecule has 5 nitrogen and oxygen atoms in total. The summed E-state index contributed by atoms with van der Waals surface area (Å²) in [5.74, 6) is 0.116. The van der Waals surface area contributed by atoms with E-state index in [0.717, 1.165) is 43.4 Å². The Balaban J connectivity index is 1.55. The maximum absolute atomic E-state index is 12.5. The van der Waals surface area contributed by atoms with Crippen LogP contribution < -0.4 is 0 Å². The van der Waals surface area contributed by atoms with E-state index in [-0.39, 0.29) is 17.7 Å². The van der Waals surface area contributed by atoms with E-state index in [9.17, 15) is 14.7 Å². The van der Waals surface area contributed by atoms with Crippen LogP contribution in [0.2, 0.25) is 0 Å². The molecule has 1 aromatic carbocycles. The number of rotatable bonds is 4. The van der Waals surface area contributed by atoms with E-state index in [2.05, 4.69) is 6.07 Å². The molecule has 0 bridgehead atoms. The Morgan fingerprint density at radius 3 is 2.33 bits per heavy atom. The van der Waals surface area contributed by atoms with E-state index in [4.69, 9.17) is 4.74 Å². The van der Waals surface area contributed by atoms with Crippen LogP contribution in [-0.2, 0) is 9.53 Å². The van der Waals surface area contributed by atoms with Gasteiger partial charge in [0.1, 0.15) is 0 Å². The van der Waals surface area contributed by atoms with Crippen molar-refractivity contribution >= 4 is 11.9 Å². The first-order chi connectivity index (χ1) is 11.6. The zero-order chi connectivity index (χ0) is 16.7. The molecule has 2 heterocycles. The van der Waals surface area contributed by atoms with Gasteiger partial charge in [-0.3, -0.25) is 4.79 Å². The maximum atomic E-state index is 12.5. The lowest BCUT2D eigenvalue weighted by molar-refractivity contribution is -0.151. The highest BCUT2D eigenvalue weighted by Gasteiger charge is 2.34. The van der Waals surface area contributed by atoms with E-state index in [0.29, 0.717) is 31.2 Å². The Morgan fingerprint density at radius 2 is 1.75 bits per heavy atom. The smallest absolute Gasteiger partial charge is 0.335 e. The van der Waals surface area contributed by atoms with E-state index in [1.807, 2.05) is 11.0 Å². The average molecular weight is 329 g/mol. The van der Waals surface area contributed by atoms with Crippen LogP contribution in [0.4, 0.5) is 0 Å². The summed E-state index contributed by atoms with van der Waals surface area (Å²) in [6, 6.07) is 5.80. The summed E-state index contributed by atoms with van der Waals surface area (Å²) in [7, 11) is 0. The molecule has 1 amide bonds. The normalized spacial score (nSPS) is 24.5. The molecule has 128 valence electrons. The van der Waals surface area contributed by atoms with Crippen molar-refractivity contribution < 1.29 is 19.4 Å². The van der Waals surface area contributed by atoms with Crippen LogP contribution in [0.1, 0.15) is 59.0 Å². The minimum absolute atomic E-state index is 0.0242. The molecule has 0 radical (unpaired) electrons. The van der Waals surface area contributed by atoms with Gasteiger partial charge in [-0.25, -0.2) is 4.79 Å². The second-order valence-electron chi connectivity index (χ2n) is 7.33. The number of carboxylic acid groups (broad SMARTS) is 1. The fourth-order valence-electron chi connectivity index (χ4n) is 3.77. The van der Waals surface area contributed by atoms with Gasteiger partial charge in [0.05, 0.1) is 24.7 Å². The molecule has 2 aliphatic heterocycles. The van der Waals surface area contributed by atoms with Crippen molar-refractivity contribution in [2.45, 2.75) is 37.5 Å². The lowest BCUT2D eigenvalue weighted by Crippen LogP contribution is -2.48. The highest BCUT2D eigenvalue weighted by atomic mass is 16.5. The lowest BCUT2D eigenvalue weighted by atomic mass is 9.87. The fourth-order valence-corrected chi connectivity index (χ4v) is 3.77. The quantitative estimate of drug-likeness (QED) is 0.922. The van der Waals surface area contributed by atoms with E-state index in [1.165, 1.54) is 0 Å². The molecule has 24 heavy (non-hydrogen) atoms. The van der Waals surface area contributed by atoms with Crippen LogP contribution in [0.3, 0.4) is 0 Å². The summed E-state index contributed by atoms with van der Waals surface area (Å²) in [4.78, 5) is 25.9. The van der Waals surface area contributed by atoms with E-state index < -0.39 is 5.97 Å². The summed E-state index contributed by atoms with van der Waals surface area (Å²) >= 11 is 0. The number of carbonyl (C=O) groups is 2. The first kappa shape index (κ1) is 15.6. The number of ether oxygens (including phenoxy) is 1. The van der Waals surface area contributed by atoms with Crippen molar-refractivity contribution in [3.8, 4) is 0 Å². The summed E-state index contributed by atoms with van der Waals surface area (Å²) in [5.41, 5.74) is 2.62. The Morgan fingerprint density at radius 1 is 1.04 bits per heavy atom. The number of carbonyl (C=O) groups excluding carboxylic acids is 1. The zero-order valence-corrected chi connectivity index (χ0v) is 13.7. The summed E-state index contributed by atoms with van der Waals surface area (Å²) in [5, 5.41) is 9.41. The Kier molecular flexibility index (Phi) is 4.04. The predicted octanol–water partition coefficient (Wildman–Crippen LogP) is 2.61. The molecule has 1 N–H and O–H groups in total. The highest BCUT2D eigenvalue weighted by Crippen LogP contribution is 2.42. The molecule has 1 unspecified atom stereocenters. The third kappa shape index (κ3) is 3.05. The topological polar surface area (TPSA) is 66.8 Å². The largest absolute Gasteiger partial charge is 0.478 e. The number of aromatic carboxylic acids is 1. The number of hydrogen-bond acceptors (Lipinski definition) is 3. The molecule has 0 spiro atoms. The number of amides is 1. The number of nitrogens with zero attached hydrogens (tertiary/aromatic N) is 1. The fraction of sp³-hybridized carbons (Fsp3) is 0.579. The lowest BCUT2D eigenvalue weighted by Gasteiger charge is -2.37. The summed E-state index contributed by atoms with van der Waals surface area (Å²) in [6.07, 6.45) is 4.29. The molecule has 1 aliphatic carbocycles. The maximum Gasteiger partial charge on any atom is 0.335 e. The second kappa shape index (κ2) is 6.20. The molecular formula is C19H23NO4. The molecule has 1 atom stereocenters. The average Bonchev–Trinajstić information content (AvgIpc) is 3.38. The Bertz CT molecular complexity index is 663. The molecule has 1 aromatic rings. The summed E-state index contributed by atoms with van der Waals surface area (Å²) in [6.45, 7) is 2.59. The predicted molar refractivity (Wildman–Crippen MR) is 88.2 cm³/mol. The Hall–Kier alpha value is -1.88. The SMILES string of the molecule is O=C(O)c1cc(C2CC2)cc(C2CCCN(C(=O)C3COC3)C2)c1. The third-order valence-electron chi connectivity index (χ3n) is 5.47. The molecule has 3 aliphatic rings. The minimum Gasteiger partial charge on any atom is -0.478 e. The van der Waals surface area contributed by atoms with Crippen molar-refractivity contribution in [1.29, 1.82) is 0 Å². The number of likely N-dealkylation sites (tertiary alicyclic amines) is 1. The van der Waals surface area contributed by atoms with Crippen LogP contribution >= 0.6 is 0 Å². The summed E-state index contributed by atoms with van der Waals surface area (Å²) < 4.78 is 5.14. The van der Waals surface area contributed by atoms with Gasteiger partial charge in [-0.05, 0) is 54.9 Å². The van der Waals surface area contributed by atoms with Crippen LogP contribution in [0, 0.1) is 5.92 Å². The van der Waals surface area contributed by atoms with Crippen LogP contribution in [0.15, 0.2) is 18.2 Å². The molecule has 2 saturated heterocycles. The number of benzene rings is 1. The van der Waals surface area contributed by atoms with Crippen molar-refractivity contribution in [3.63, 3.8) is 0 Å². The van der Waals surface area contributed by atoms with Crippen LogP contribution in [-0.4, -0.2) is 48.2 Å². The van der Waals surface area contributed by atoms with Crippen molar-refractivity contribution in [2.24, 2.45) is 5.92 Å². The first-order valence-corrected chi connectivity index (χ1v) is 8.86. The van der Waals surface area contributed by atoms with Crippen molar-refractivity contribution in [2.75, 3.05) is 26.3 Å². The number of carboxylic acids is 1. The minimum atomic E-state index is -0.867. The van der Waals surface area contributed by atoms with Gasteiger partial charge in [0.2, 0.25) is 5.91 Å². The molecule has 1 saturated carbocycles. The van der Waals surface area contributed by atoms with Gasteiger partial charge in [0, 0.05) is 19.0 Å². The van der Waals surface area contributed by atoms with Gasteiger partial charge in [-0.1, -0.05) is 6.07 Å². The molecule has 3 fully saturated rings. The van der Waals surface area contributed by atoms with Crippen molar-refractivity contribution in [3.05, 3.63) is 34.9 Å². The van der Waals surface area contributed by atoms with E-state index >= 15 is 0 Å². The van der Waals surface area contributed by atoms with Gasteiger partial charge in [0.15, 0.2) is 0 Å². The third-order valence-corrected chi connectivity index (χ3v) is 5.47. The number of piperidine rings is 1. The van der Waals surface area contributed by atoms with Gasteiger partial charge < -0.3 is 14.7 Å². The van der Waals surface area contributed by atoms with Crippen LogP contribution in [0.25, 0.3) is 0 Å². The van der Waals surface area contributed by atoms with Gasteiger partial charge in [0.25, 0.3) is 0 Å². The molecule has 4 rings (SSSR count). The molecule has 5 heteroatoms.